The highest BCUT2D eigenvalue weighted by Gasteiger charge is 2.59. The van der Waals surface area contributed by atoms with Gasteiger partial charge in [-0.2, -0.15) is 27.1 Å². The number of urea groups is 1. The molecule has 14 heteroatoms. The van der Waals surface area contributed by atoms with Gasteiger partial charge in [0.2, 0.25) is 0 Å². The van der Waals surface area contributed by atoms with E-state index in [0.717, 1.165) is 6.20 Å². The maximum Gasteiger partial charge on any atom is 0.458 e. The van der Waals surface area contributed by atoms with Crippen LogP contribution < -0.4 is 5.32 Å². The molecule has 0 bridgehead atoms. The van der Waals surface area contributed by atoms with Crippen LogP contribution in [0.2, 0.25) is 0 Å². The van der Waals surface area contributed by atoms with E-state index in [1.54, 1.807) is 21.8 Å². The van der Waals surface area contributed by atoms with Gasteiger partial charge in [0.05, 0.1) is 23.6 Å². The van der Waals surface area contributed by atoms with Crippen molar-refractivity contribution in [3.05, 3.63) is 48.2 Å². The van der Waals surface area contributed by atoms with Gasteiger partial charge in [0.1, 0.15) is 11.2 Å². The zero-order valence-corrected chi connectivity index (χ0v) is 19.3. The Labute approximate surface area is 201 Å². The van der Waals surface area contributed by atoms with Gasteiger partial charge >= 0.3 is 18.1 Å². The van der Waals surface area contributed by atoms with Gasteiger partial charge in [-0.3, -0.25) is 9.78 Å². The van der Waals surface area contributed by atoms with Crippen LogP contribution in [-0.2, 0) is 13.0 Å². The SMILES string of the molecule is CN(C(=O)Nc1cncc(C(F)(F)C(F)(F)F)c1)C1CC2(C1)CN(C(=O)c1cnn3ccn(C)c13)C2. The first-order chi connectivity index (χ1) is 16.8. The number of anilines is 1. The van der Waals surface area contributed by atoms with Gasteiger partial charge in [-0.1, -0.05) is 0 Å². The number of aromatic nitrogens is 4. The number of carbonyl (C=O) groups is 2. The molecule has 1 spiro atoms. The average molecular weight is 511 g/mol. The largest absolute Gasteiger partial charge is 0.458 e. The minimum atomic E-state index is -5.78. The van der Waals surface area contributed by atoms with E-state index in [9.17, 15) is 31.5 Å². The predicted molar refractivity (Wildman–Crippen MR) is 116 cm³/mol. The molecule has 1 aliphatic carbocycles. The molecule has 1 N–H and O–H groups in total. The molecular formula is C22H22F5N7O2. The van der Waals surface area contributed by atoms with Gasteiger partial charge in [-0.15, -0.1) is 0 Å². The summed E-state index contributed by atoms with van der Waals surface area (Å²) in [7, 11) is 3.35. The second kappa shape index (κ2) is 7.90. The van der Waals surface area contributed by atoms with Crippen molar-refractivity contribution in [2.75, 3.05) is 25.5 Å². The lowest BCUT2D eigenvalue weighted by Gasteiger charge is -2.60. The number of amides is 3. The lowest BCUT2D eigenvalue weighted by Crippen LogP contribution is -2.67. The summed E-state index contributed by atoms with van der Waals surface area (Å²) in [6.45, 7) is 1.08. The molecule has 2 fully saturated rings. The van der Waals surface area contributed by atoms with Gasteiger partial charge in [-0.25, -0.2) is 9.31 Å². The number of rotatable bonds is 4. The lowest BCUT2D eigenvalue weighted by atomic mass is 9.60. The van der Waals surface area contributed by atoms with Crippen molar-refractivity contribution in [1.29, 1.82) is 0 Å². The number of nitrogens with one attached hydrogen (secondary N) is 1. The lowest BCUT2D eigenvalue weighted by molar-refractivity contribution is -0.289. The number of carbonyl (C=O) groups excluding carboxylic acids is 2. The summed E-state index contributed by atoms with van der Waals surface area (Å²) in [6.07, 6.45) is 2.02. The van der Waals surface area contributed by atoms with E-state index in [4.69, 9.17) is 0 Å². The molecule has 5 rings (SSSR count). The van der Waals surface area contributed by atoms with Crippen LogP contribution in [0.25, 0.3) is 5.65 Å². The van der Waals surface area contributed by atoms with Crippen LogP contribution in [0.5, 0.6) is 0 Å². The van der Waals surface area contributed by atoms with Crippen LogP contribution in [0.1, 0.15) is 28.8 Å². The maximum absolute atomic E-state index is 13.6. The van der Waals surface area contributed by atoms with E-state index in [1.807, 2.05) is 17.8 Å². The van der Waals surface area contributed by atoms with E-state index >= 15 is 0 Å². The highest BCUT2D eigenvalue weighted by atomic mass is 19.4. The second-order valence-corrected chi connectivity index (χ2v) is 9.53. The monoisotopic (exact) mass is 511 g/mol. The summed E-state index contributed by atoms with van der Waals surface area (Å²) in [5, 5.41) is 6.52. The molecule has 192 valence electrons. The molecule has 1 saturated heterocycles. The van der Waals surface area contributed by atoms with Crippen molar-refractivity contribution in [2.45, 2.75) is 31.0 Å². The van der Waals surface area contributed by atoms with Crippen molar-refractivity contribution < 1.29 is 31.5 Å². The minimum Gasteiger partial charge on any atom is -0.337 e. The first-order valence-corrected chi connectivity index (χ1v) is 11.0. The number of alkyl halides is 5. The van der Waals surface area contributed by atoms with Crippen molar-refractivity contribution in [1.82, 2.24) is 29.0 Å². The molecule has 1 aliphatic heterocycles. The third-order valence-corrected chi connectivity index (χ3v) is 7.02. The highest BCUT2D eigenvalue weighted by molar-refractivity contribution is 6.00. The predicted octanol–water partition coefficient (Wildman–Crippen LogP) is 3.49. The van der Waals surface area contributed by atoms with E-state index in [0.29, 0.717) is 49.4 Å². The van der Waals surface area contributed by atoms with E-state index in [2.05, 4.69) is 15.4 Å². The topological polar surface area (TPSA) is 87.8 Å². The summed E-state index contributed by atoms with van der Waals surface area (Å²) >= 11 is 0. The van der Waals surface area contributed by atoms with Gasteiger partial charge < -0.3 is 19.7 Å². The van der Waals surface area contributed by atoms with Crippen LogP contribution in [0, 0.1) is 5.41 Å². The molecule has 9 nitrogen and oxygen atoms in total. The smallest absolute Gasteiger partial charge is 0.337 e. The summed E-state index contributed by atoms with van der Waals surface area (Å²) in [4.78, 5) is 32.0. The van der Waals surface area contributed by atoms with Crippen LogP contribution in [0.3, 0.4) is 0 Å². The Morgan fingerprint density at radius 3 is 2.47 bits per heavy atom. The molecule has 3 aromatic heterocycles. The Bertz CT molecular complexity index is 1330. The van der Waals surface area contributed by atoms with Gasteiger partial charge in [0, 0.05) is 57.2 Å². The third kappa shape index (κ3) is 3.75. The average Bonchev–Trinajstić information content (AvgIpc) is 3.34. The number of nitrogens with zero attached hydrogens (tertiary/aromatic N) is 6. The maximum atomic E-state index is 13.6. The summed E-state index contributed by atoms with van der Waals surface area (Å²) in [5.41, 5.74) is -0.516. The first kappa shape index (κ1) is 24.0. The number of hydrogen-bond acceptors (Lipinski definition) is 4. The van der Waals surface area contributed by atoms with Crippen molar-refractivity contribution in [3.8, 4) is 0 Å². The van der Waals surface area contributed by atoms with Crippen molar-refractivity contribution >= 4 is 23.3 Å². The molecule has 4 heterocycles. The highest BCUT2D eigenvalue weighted by Crippen LogP contribution is 2.50. The summed E-state index contributed by atoms with van der Waals surface area (Å²) in [6, 6.07) is -0.252. The molecule has 2 aliphatic rings. The minimum absolute atomic E-state index is 0.106. The molecule has 3 amide bonds. The first-order valence-electron chi connectivity index (χ1n) is 11.0. The molecule has 0 aromatic carbocycles. The van der Waals surface area contributed by atoms with Gasteiger partial charge in [-0.05, 0) is 18.9 Å². The third-order valence-electron chi connectivity index (χ3n) is 7.02. The van der Waals surface area contributed by atoms with E-state index < -0.39 is 23.7 Å². The Hall–Kier alpha value is -3.71. The molecule has 0 radical (unpaired) electrons. The quantitative estimate of drug-likeness (QED) is 0.544. The zero-order chi connectivity index (χ0) is 26.0. The number of hydrogen-bond donors (Lipinski definition) is 1. The summed E-state index contributed by atoms with van der Waals surface area (Å²) < 4.78 is 68.6. The van der Waals surface area contributed by atoms with Crippen LogP contribution in [0.4, 0.5) is 32.4 Å². The standard InChI is InChI=1S/C22H22F5N7O2/c1-31-3-4-34-17(31)16(10-29-34)18(35)33-11-20(12-33)6-15(7-20)32(2)19(36)30-14-5-13(8-28-9-14)21(23,24)22(25,26)27/h3-5,8-10,15H,6-7,11-12H2,1-2H3,(H,30,36). The van der Waals surface area contributed by atoms with E-state index in [-0.39, 0.29) is 23.1 Å². The molecule has 0 unspecified atom stereocenters. The van der Waals surface area contributed by atoms with Crippen LogP contribution >= 0.6 is 0 Å². The Balaban J connectivity index is 1.16. The normalized spacial score (nSPS) is 17.7. The number of pyridine rings is 1. The van der Waals surface area contributed by atoms with Gasteiger partial charge in [0.25, 0.3) is 5.91 Å². The number of aryl methyl sites for hydroxylation is 1. The Kier molecular flexibility index (Phi) is 5.27. The zero-order valence-electron chi connectivity index (χ0n) is 19.3. The van der Waals surface area contributed by atoms with Crippen LogP contribution in [0.15, 0.2) is 37.1 Å². The second-order valence-electron chi connectivity index (χ2n) is 9.53. The fourth-order valence-corrected chi connectivity index (χ4v) is 4.97. The van der Waals surface area contributed by atoms with Crippen LogP contribution in [-0.4, -0.2) is 73.3 Å². The molecular weight excluding hydrogens is 489 g/mol. The molecule has 3 aromatic rings. The fraction of sp³-hybridized carbons (Fsp3) is 0.455. The van der Waals surface area contributed by atoms with Gasteiger partial charge in [0.15, 0.2) is 0 Å². The van der Waals surface area contributed by atoms with Crippen molar-refractivity contribution in [2.24, 2.45) is 12.5 Å². The van der Waals surface area contributed by atoms with E-state index in [1.165, 1.54) is 11.9 Å². The molecule has 1 saturated carbocycles. The Morgan fingerprint density at radius 1 is 1.11 bits per heavy atom. The van der Waals surface area contributed by atoms with Crippen molar-refractivity contribution in [3.63, 3.8) is 0 Å². The molecule has 0 atom stereocenters. The number of halogens is 5. The number of fused-ring (bicyclic) bond motifs is 1. The number of imidazole rings is 1. The fourth-order valence-electron chi connectivity index (χ4n) is 4.97. The Morgan fingerprint density at radius 2 is 1.81 bits per heavy atom. The summed E-state index contributed by atoms with van der Waals surface area (Å²) in [5.74, 6) is -5.21. The number of likely N-dealkylation sites (tertiary alicyclic amines) is 1. The molecule has 36 heavy (non-hydrogen) atoms.